The molecule has 0 aliphatic heterocycles. The van der Waals surface area contributed by atoms with Gasteiger partial charge in [0.15, 0.2) is 0 Å². The predicted molar refractivity (Wildman–Crippen MR) is 63.0 cm³/mol. The summed E-state index contributed by atoms with van der Waals surface area (Å²) in [6, 6.07) is 6.26. The molecule has 0 radical (unpaired) electrons. The van der Waals surface area contributed by atoms with Gasteiger partial charge in [-0.05, 0) is 25.0 Å². The van der Waals surface area contributed by atoms with Crippen LogP contribution in [-0.4, -0.2) is 17.3 Å². The number of halogens is 1. The van der Waals surface area contributed by atoms with Crippen molar-refractivity contribution >= 4 is 5.69 Å². The van der Waals surface area contributed by atoms with Gasteiger partial charge in [-0.3, -0.25) is 0 Å². The summed E-state index contributed by atoms with van der Waals surface area (Å²) in [5.74, 6) is -0.525. The fraction of sp³-hybridized carbons (Fsp3) is 0.462. The van der Waals surface area contributed by atoms with Crippen molar-refractivity contribution in [3.63, 3.8) is 0 Å². The van der Waals surface area contributed by atoms with Gasteiger partial charge in [-0.1, -0.05) is 18.9 Å². The summed E-state index contributed by atoms with van der Waals surface area (Å²) < 4.78 is 13.4. The number of aliphatic hydroxyl groups is 1. The summed E-state index contributed by atoms with van der Waals surface area (Å²) in [6.07, 6.45) is 3.26. The number of nitrogens with zero attached hydrogens (tertiary/aromatic N) is 1. The molecule has 90 valence electrons. The minimum absolute atomic E-state index is 0.0188. The standard InChI is InChI=1S/C13H15FN2O/c14-10-4-3-6-11(9(10)8-15)16-12-5-1-2-7-13(12)17/h3-4,6,12-13,16-17H,1-2,5,7H2/t12-,13-/m1/s1. The van der Waals surface area contributed by atoms with Gasteiger partial charge in [0.2, 0.25) is 0 Å². The maximum Gasteiger partial charge on any atom is 0.143 e. The highest BCUT2D eigenvalue weighted by Gasteiger charge is 2.23. The second-order valence-corrected chi connectivity index (χ2v) is 4.38. The molecule has 0 aromatic heterocycles. The van der Waals surface area contributed by atoms with Crippen molar-refractivity contribution in [1.82, 2.24) is 0 Å². The third kappa shape index (κ3) is 2.56. The van der Waals surface area contributed by atoms with Gasteiger partial charge in [-0.15, -0.1) is 0 Å². The molecule has 1 aliphatic carbocycles. The molecule has 1 fully saturated rings. The monoisotopic (exact) mass is 234 g/mol. The third-order valence-electron chi connectivity index (χ3n) is 3.20. The zero-order valence-corrected chi connectivity index (χ0v) is 9.49. The SMILES string of the molecule is N#Cc1c(F)cccc1N[C@@H]1CCCC[C@H]1O. The number of hydrogen-bond donors (Lipinski definition) is 2. The second-order valence-electron chi connectivity index (χ2n) is 4.38. The van der Waals surface area contributed by atoms with E-state index in [0.717, 1.165) is 25.7 Å². The van der Waals surface area contributed by atoms with E-state index in [4.69, 9.17) is 5.26 Å². The fourth-order valence-electron chi connectivity index (χ4n) is 2.24. The van der Waals surface area contributed by atoms with E-state index in [1.54, 1.807) is 12.1 Å². The van der Waals surface area contributed by atoms with E-state index in [9.17, 15) is 9.50 Å². The first-order valence-electron chi connectivity index (χ1n) is 5.85. The molecule has 2 rings (SSSR count). The van der Waals surface area contributed by atoms with Crippen LogP contribution in [0.1, 0.15) is 31.2 Å². The highest BCUT2D eigenvalue weighted by Crippen LogP contribution is 2.25. The Labute approximate surface area is 99.9 Å². The molecule has 3 nitrogen and oxygen atoms in total. The highest BCUT2D eigenvalue weighted by molar-refractivity contribution is 5.58. The van der Waals surface area contributed by atoms with Crippen LogP contribution in [0.25, 0.3) is 0 Å². The molecule has 0 amide bonds. The van der Waals surface area contributed by atoms with Crippen LogP contribution in [0.15, 0.2) is 18.2 Å². The summed E-state index contributed by atoms with van der Waals surface area (Å²) >= 11 is 0. The van der Waals surface area contributed by atoms with Crippen molar-refractivity contribution in [3.05, 3.63) is 29.6 Å². The second kappa shape index (κ2) is 5.15. The van der Waals surface area contributed by atoms with Crippen molar-refractivity contribution in [2.24, 2.45) is 0 Å². The van der Waals surface area contributed by atoms with Crippen LogP contribution < -0.4 is 5.32 Å². The van der Waals surface area contributed by atoms with E-state index in [0.29, 0.717) is 5.69 Å². The predicted octanol–water partition coefficient (Wildman–Crippen LogP) is 2.41. The van der Waals surface area contributed by atoms with E-state index in [-0.39, 0.29) is 11.6 Å². The Morgan fingerprint density at radius 3 is 2.82 bits per heavy atom. The van der Waals surface area contributed by atoms with E-state index >= 15 is 0 Å². The molecule has 17 heavy (non-hydrogen) atoms. The van der Waals surface area contributed by atoms with E-state index in [1.165, 1.54) is 6.07 Å². The Kier molecular flexibility index (Phi) is 3.60. The molecule has 2 N–H and O–H groups in total. The van der Waals surface area contributed by atoms with Crippen LogP contribution in [0.5, 0.6) is 0 Å². The number of nitrogens with one attached hydrogen (secondary N) is 1. The number of hydrogen-bond acceptors (Lipinski definition) is 3. The summed E-state index contributed by atoms with van der Waals surface area (Å²) in [7, 11) is 0. The molecule has 0 heterocycles. The number of nitriles is 1. The van der Waals surface area contributed by atoms with Crippen LogP contribution >= 0.6 is 0 Å². The molecule has 0 saturated heterocycles. The highest BCUT2D eigenvalue weighted by atomic mass is 19.1. The Bertz CT molecular complexity index is 442. The summed E-state index contributed by atoms with van der Waals surface area (Å²) in [5.41, 5.74) is 0.490. The molecule has 2 atom stereocenters. The normalized spacial score (nSPS) is 24.1. The first kappa shape index (κ1) is 11.9. The zero-order chi connectivity index (χ0) is 12.3. The lowest BCUT2D eigenvalue weighted by atomic mass is 9.92. The minimum atomic E-state index is -0.525. The molecule has 1 aromatic carbocycles. The Morgan fingerprint density at radius 2 is 2.12 bits per heavy atom. The summed E-state index contributed by atoms with van der Waals surface area (Å²) in [6.45, 7) is 0. The number of rotatable bonds is 2. The van der Waals surface area contributed by atoms with E-state index < -0.39 is 11.9 Å². The van der Waals surface area contributed by atoms with Gasteiger partial charge in [-0.25, -0.2) is 4.39 Å². The number of aliphatic hydroxyl groups excluding tert-OH is 1. The molecule has 0 unspecified atom stereocenters. The quantitative estimate of drug-likeness (QED) is 0.826. The lowest BCUT2D eigenvalue weighted by Gasteiger charge is -2.29. The van der Waals surface area contributed by atoms with Gasteiger partial charge >= 0.3 is 0 Å². The molecule has 4 heteroatoms. The average Bonchev–Trinajstić information content (AvgIpc) is 2.32. The van der Waals surface area contributed by atoms with Crippen molar-refractivity contribution in [2.45, 2.75) is 37.8 Å². The number of anilines is 1. The molecule has 0 bridgehead atoms. The zero-order valence-electron chi connectivity index (χ0n) is 9.49. The van der Waals surface area contributed by atoms with Crippen LogP contribution in [-0.2, 0) is 0 Å². The molecular formula is C13H15FN2O. The fourth-order valence-corrected chi connectivity index (χ4v) is 2.24. The smallest absolute Gasteiger partial charge is 0.143 e. The van der Waals surface area contributed by atoms with Gasteiger partial charge in [0, 0.05) is 0 Å². The minimum Gasteiger partial charge on any atom is -0.391 e. The Morgan fingerprint density at radius 1 is 1.35 bits per heavy atom. The third-order valence-corrected chi connectivity index (χ3v) is 3.20. The van der Waals surface area contributed by atoms with Crippen LogP contribution in [0.2, 0.25) is 0 Å². The number of benzene rings is 1. The van der Waals surface area contributed by atoms with Crippen LogP contribution in [0, 0.1) is 17.1 Å². The topological polar surface area (TPSA) is 56.0 Å². The van der Waals surface area contributed by atoms with Gasteiger partial charge in [-0.2, -0.15) is 5.26 Å². The van der Waals surface area contributed by atoms with Crippen molar-refractivity contribution in [1.29, 1.82) is 5.26 Å². The van der Waals surface area contributed by atoms with E-state index in [2.05, 4.69) is 5.32 Å². The first-order chi connectivity index (χ1) is 8.22. The molecular weight excluding hydrogens is 219 g/mol. The Hall–Kier alpha value is -1.60. The van der Waals surface area contributed by atoms with Crippen molar-refractivity contribution in [2.75, 3.05) is 5.32 Å². The lowest BCUT2D eigenvalue weighted by Crippen LogP contribution is -2.36. The molecule has 1 saturated carbocycles. The van der Waals surface area contributed by atoms with Gasteiger partial charge in [0.05, 0.1) is 17.8 Å². The van der Waals surface area contributed by atoms with Gasteiger partial charge < -0.3 is 10.4 Å². The Balaban J connectivity index is 2.18. The van der Waals surface area contributed by atoms with Crippen LogP contribution in [0.3, 0.4) is 0 Å². The van der Waals surface area contributed by atoms with Gasteiger partial charge in [0.1, 0.15) is 17.4 Å². The van der Waals surface area contributed by atoms with Crippen LogP contribution in [0.4, 0.5) is 10.1 Å². The molecule has 0 spiro atoms. The average molecular weight is 234 g/mol. The molecule has 1 aliphatic rings. The maximum atomic E-state index is 13.4. The van der Waals surface area contributed by atoms with E-state index in [1.807, 2.05) is 6.07 Å². The summed E-state index contributed by atoms with van der Waals surface area (Å²) in [5, 5.41) is 21.8. The largest absolute Gasteiger partial charge is 0.391 e. The first-order valence-corrected chi connectivity index (χ1v) is 5.85. The van der Waals surface area contributed by atoms with Crippen molar-refractivity contribution < 1.29 is 9.50 Å². The van der Waals surface area contributed by atoms with Crippen molar-refractivity contribution in [3.8, 4) is 6.07 Å². The maximum absolute atomic E-state index is 13.4. The molecule has 1 aromatic rings. The summed E-state index contributed by atoms with van der Waals surface area (Å²) in [4.78, 5) is 0. The lowest BCUT2D eigenvalue weighted by molar-refractivity contribution is 0.116. The van der Waals surface area contributed by atoms with Gasteiger partial charge in [0.25, 0.3) is 0 Å².